The molecule has 0 heterocycles. The van der Waals surface area contributed by atoms with E-state index < -0.39 is 0 Å². The molecule has 0 bridgehead atoms. The van der Waals surface area contributed by atoms with Crippen molar-refractivity contribution >= 4 is 11.6 Å². The summed E-state index contributed by atoms with van der Waals surface area (Å²) in [5, 5.41) is 10.8. The Morgan fingerprint density at radius 1 is 1.27 bits per heavy atom. The third kappa shape index (κ3) is 1.68. The third-order valence-electron chi connectivity index (χ3n) is 3.52. The van der Waals surface area contributed by atoms with Crippen LogP contribution in [-0.4, -0.2) is 5.11 Å². The molecule has 0 saturated heterocycles. The van der Waals surface area contributed by atoms with Crippen LogP contribution in [0.15, 0.2) is 6.07 Å². The minimum Gasteiger partial charge on any atom is -0.388 e. The second-order valence-corrected chi connectivity index (χ2v) is 5.03. The van der Waals surface area contributed by atoms with E-state index in [1.165, 1.54) is 11.1 Å². The standard InChI is InChI=1S/C13H17ClO/c1-7-4-5-11(15)13-9(3)10(14)6-8(2)12(7)13/h6-7,11,15H,4-5H2,1-3H3/t7?,11-/m1/s1. The van der Waals surface area contributed by atoms with Gasteiger partial charge in [-0.3, -0.25) is 0 Å². The number of halogens is 1. The van der Waals surface area contributed by atoms with E-state index in [2.05, 4.69) is 13.8 Å². The Bertz CT molecular complexity index is 398. The van der Waals surface area contributed by atoms with Gasteiger partial charge in [-0.25, -0.2) is 0 Å². The average Bonchev–Trinajstić information content (AvgIpc) is 2.18. The number of hydrogen-bond donors (Lipinski definition) is 1. The van der Waals surface area contributed by atoms with Gasteiger partial charge >= 0.3 is 0 Å². The third-order valence-corrected chi connectivity index (χ3v) is 3.91. The minimum absolute atomic E-state index is 0.325. The van der Waals surface area contributed by atoms with Crippen molar-refractivity contribution in [3.05, 3.63) is 33.3 Å². The Hall–Kier alpha value is -0.530. The smallest absolute Gasteiger partial charge is 0.0796 e. The maximum Gasteiger partial charge on any atom is 0.0796 e. The molecular formula is C13H17ClO. The van der Waals surface area contributed by atoms with Crippen LogP contribution in [0.3, 0.4) is 0 Å². The Morgan fingerprint density at radius 2 is 1.93 bits per heavy atom. The summed E-state index contributed by atoms with van der Waals surface area (Å²) in [6.45, 7) is 6.31. The van der Waals surface area contributed by atoms with Gasteiger partial charge in [-0.2, -0.15) is 0 Å². The Kier molecular flexibility index (Phi) is 2.78. The summed E-state index contributed by atoms with van der Waals surface area (Å²) in [5.74, 6) is 0.541. The van der Waals surface area contributed by atoms with Crippen LogP contribution in [0.1, 0.15) is 54.0 Å². The summed E-state index contributed by atoms with van der Waals surface area (Å²) >= 11 is 6.15. The first-order valence-electron chi connectivity index (χ1n) is 5.50. The maximum atomic E-state index is 10.1. The molecule has 82 valence electrons. The summed E-state index contributed by atoms with van der Waals surface area (Å²) in [4.78, 5) is 0. The molecule has 1 unspecified atom stereocenters. The van der Waals surface area contributed by atoms with Gasteiger partial charge in [0.05, 0.1) is 6.10 Å². The lowest BCUT2D eigenvalue weighted by molar-refractivity contribution is 0.150. The van der Waals surface area contributed by atoms with Crippen LogP contribution in [0.5, 0.6) is 0 Å². The molecule has 2 rings (SSSR count). The van der Waals surface area contributed by atoms with Crippen molar-refractivity contribution in [1.82, 2.24) is 0 Å². The molecule has 2 heteroatoms. The fourth-order valence-electron chi connectivity index (χ4n) is 2.70. The zero-order valence-electron chi connectivity index (χ0n) is 9.47. The zero-order valence-corrected chi connectivity index (χ0v) is 10.2. The van der Waals surface area contributed by atoms with E-state index in [1.54, 1.807) is 0 Å². The van der Waals surface area contributed by atoms with Crippen molar-refractivity contribution in [2.45, 2.75) is 45.6 Å². The van der Waals surface area contributed by atoms with E-state index in [4.69, 9.17) is 11.6 Å². The van der Waals surface area contributed by atoms with E-state index in [0.717, 1.165) is 29.0 Å². The second-order valence-electron chi connectivity index (χ2n) is 4.62. The fourth-order valence-corrected chi connectivity index (χ4v) is 2.96. The van der Waals surface area contributed by atoms with Crippen molar-refractivity contribution in [2.24, 2.45) is 0 Å². The van der Waals surface area contributed by atoms with Crippen molar-refractivity contribution in [2.75, 3.05) is 0 Å². The molecule has 0 radical (unpaired) electrons. The van der Waals surface area contributed by atoms with Crippen LogP contribution in [-0.2, 0) is 0 Å². The van der Waals surface area contributed by atoms with E-state index in [-0.39, 0.29) is 6.10 Å². The molecular weight excluding hydrogens is 208 g/mol. The van der Waals surface area contributed by atoms with Crippen LogP contribution < -0.4 is 0 Å². The highest BCUT2D eigenvalue weighted by atomic mass is 35.5. The van der Waals surface area contributed by atoms with Gasteiger partial charge in [0.1, 0.15) is 0 Å². The van der Waals surface area contributed by atoms with Gasteiger partial charge in [-0.15, -0.1) is 0 Å². The van der Waals surface area contributed by atoms with Gasteiger partial charge in [-0.05, 0) is 60.9 Å². The second kappa shape index (κ2) is 3.80. The van der Waals surface area contributed by atoms with E-state index in [0.29, 0.717) is 5.92 Å². The highest BCUT2D eigenvalue weighted by molar-refractivity contribution is 6.31. The number of fused-ring (bicyclic) bond motifs is 1. The lowest BCUT2D eigenvalue weighted by Crippen LogP contribution is -2.15. The molecule has 0 spiro atoms. The molecule has 1 aliphatic rings. The fraction of sp³-hybridized carbons (Fsp3) is 0.538. The number of rotatable bonds is 0. The first kappa shape index (κ1) is 11.0. The molecule has 0 fully saturated rings. The summed E-state index contributed by atoms with van der Waals surface area (Å²) in [7, 11) is 0. The van der Waals surface area contributed by atoms with E-state index in [1.807, 2.05) is 13.0 Å². The molecule has 15 heavy (non-hydrogen) atoms. The quantitative estimate of drug-likeness (QED) is 0.709. The zero-order chi connectivity index (χ0) is 11.2. The lowest BCUT2D eigenvalue weighted by Gasteiger charge is -2.30. The number of benzene rings is 1. The van der Waals surface area contributed by atoms with Gasteiger partial charge in [0.25, 0.3) is 0 Å². The summed E-state index contributed by atoms with van der Waals surface area (Å²) in [5.41, 5.74) is 4.66. The molecule has 0 aromatic heterocycles. The molecule has 0 saturated carbocycles. The van der Waals surface area contributed by atoms with Crippen LogP contribution in [0.25, 0.3) is 0 Å². The van der Waals surface area contributed by atoms with Crippen molar-refractivity contribution in [3.63, 3.8) is 0 Å². The van der Waals surface area contributed by atoms with E-state index >= 15 is 0 Å². The summed E-state index contributed by atoms with van der Waals surface area (Å²) in [6, 6.07) is 2.02. The molecule has 0 aliphatic heterocycles. The number of hydrogen-bond acceptors (Lipinski definition) is 1. The topological polar surface area (TPSA) is 20.2 Å². The molecule has 1 N–H and O–H groups in total. The molecule has 1 aliphatic carbocycles. The van der Waals surface area contributed by atoms with E-state index in [9.17, 15) is 5.11 Å². The summed E-state index contributed by atoms with van der Waals surface area (Å²) in [6.07, 6.45) is 1.60. The highest BCUT2D eigenvalue weighted by Crippen LogP contribution is 2.42. The SMILES string of the molecule is Cc1cc(Cl)c(C)c2c1C(C)CC[C@H]2O. The Balaban J connectivity index is 2.71. The molecule has 1 aromatic carbocycles. The average molecular weight is 225 g/mol. The van der Waals surface area contributed by atoms with Gasteiger partial charge in [0, 0.05) is 5.02 Å². The first-order chi connectivity index (χ1) is 7.02. The largest absolute Gasteiger partial charge is 0.388 e. The highest BCUT2D eigenvalue weighted by Gasteiger charge is 2.27. The predicted molar refractivity (Wildman–Crippen MR) is 63.5 cm³/mol. The van der Waals surface area contributed by atoms with Gasteiger partial charge < -0.3 is 5.11 Å². The van der Waals surface area contributed by atoms with Gasteiger partial charge in [-0.1, -0.05) is 18.5 Å². The molecule has 1 aromatic rings. The number of aliphatic hydroxyl groups excluding tert-OH is 1. The van der Waals surface area contributed by atoms with Crippen molar-refractivity contribution in [1.29, 1.82) is 0 Å². The Morgan fingerprint density at radius 3 is 2.60 bits per heavy atom. The number of aryl methyl sites for hydroxylation is 1. The van der Waals surface area contributed by atoms with Crippen LogP contribution in [0.4, 0.5) is 0 Å². The monoisotopic (exact) mass is 224 g/mol. The maximum absolute atomic E-state index is 10.1. The van der Waals surface area contributed by atoms with Crippen molar-refractivity contribution in [3.8, 4) is 0 Å². The lowest BCUT2D eigenvalue weighted by atomic mass is 9.78. The van der Waals surface area contributed by atoms with Crippen molar-refractivity contribution < 1.29 is 5.11 Å². The first-order valence-corrected chi connectivity index (χ1v) is 5.87. The molecule has 1 nitrogen and oxygen atoms in total. The number of aliphatic hydroxyl groups is 1. The molecule has 2 atom stereocenters. The minimum atomic E-state index is -0.325. The van der Waals surface area contributed by atoms with Gasteiger partial charge in [0.2, 0.25) is 0 Å². The van der Waals surface area contributed by atoms with Crippen LogP contribution in [0, 0.1) is 13.8 Å². The van der Waals surface area contributed by atoms with Gasteiger partial charge in [0.15, 0.2) is 0 Å². The van der Waals surface area contributed by atoms with Crippen LogP contribution >= 0.6 is 11.6 Å². The normalized spacial score (nSPS) is 25.1. The molecule has 0 amide bonds. The Labute approximate surface area is 96.1 Å². The predicted octanol–water partition coefficient (Wildman–Crippen LogP) is 3.89. The van der Waals surface area contributed by atoms with Crippen LogP contribution in [0.2, 0.25) is 5.02 Å². The summed E-state index contributed by atoms with van der Waals surface area (Å²) < 4.78 is 0.